The summed E-state index contributed by atoms with van der Waals surface area (Å²) >= 11 is 0. The summed E-state index contributed by atoms with van der Waals surface area (Å²) in [6.07, 6.45) is 0.926. The fourth-order valence-electron chi connectivity index (χ4n) is 5.59. The number of ether oxygens (including phenoxy) is 6. The molecule has 0 aliphatic carbocycles. The summed E-state index contributed by atoms with van der Waals surface area (Å²) in [6, 6.07) is 29.1. The van der Waals surface area contributed by atoms with Gasteiger partial charge in [0.15, 0.2) is 0 Å². The van der Waals surface area contributed by atoms with Gasteiger partial charge in [0.05, 0.1) is 42.7 Å². The molecule has 0 unspecified atom stereocenters. The van der Waals surface area contributed by atoms with Gasteiger partial charge in [0, 0.05) is 6.07 Å². The molecule has 0 saturated carbocycles. The molecule has 0 saturated heterocycles. The molecule has 0 aliphatic rings. The lowest BCUT2D eigenvalue weighted by molar-refractivity contribution is 0.390. The van der Waals surface area contributed by atoms with Crippen LogP contribution in [0.25, 0.3) is 11.1 Å². The van der Waals surface area contributed by atoms with Crippen molar-refractivity contribution in [3.63, 3.8) is 0 Å². The first-order valence-electron chi connectivity index (χ1n) is 16.2. The maximum absolute atomic E-state index is 5.36. The minimum Gasteiger partial charge on any atom is -0.496 e. The van der Waals surface area contributed by atoms with E-state index >= 15 is 0 Å². The number of aryl methyl sites for hydroxylation is 6. The molecule has 0 spiro atoms. The highest BCUT2D eigenvalue weighted by Crippen LogP contribution is 2.31. The smallest absolute Gasteiger partial charge is 0.125 e. The van der Waals surface area contributed by atoms with Crippen molar-refractivity contribution in [1.29, 1.82) is 0 Å². The highest BCUT2D eigenvalue weighted by atomic mass is 16.5. The monoisotopic (exact) mass is 664 g/mol. The lowest BCUT2D eigenvalue weighted by Crippen LogP contribution is -1.94. The number of benzene rings is 5. The molecule has 6 heteroatoms. The Kier molecular flexibility index (Phi) is 14.4. The minimum absolute atomic E-state index is 0.873. The van der Waals surface area contributed by atoms with Crippen LogP contribution in [0.4, 0.5) is 0 Å². The molecule has 49 heavy (non-hydrogen) atoms. The third-order valence-corrected chi connectivity index (χ3v) is 8.39. The number of hydrogen-bond acceptors (Lipinski definition) is 6. The van der Waals surface area contributed by atoms with Gasteiger partial charge in [-0.05, 0) is 134 Å². The van der Waals surface area contributed by atoms with E-state index in [2.05, 4.69) is 80.6 Å². The predicted molar refractivity (Wildman–Crippen MR) is 202 cm³/mol. The van der Waals surface area contributed by atoms with Crippen molar-refractivity contribution in [3.05, 3.63) is 129 Å². The van der Waals surface area contributed by atoms with Crippen LogP contribution in [-0.2, 0) is 6.42 Å². The SMILES string of the molecule is COc1cc(-c2ccc(C)c(OC)c2)ccc1C.COc1cc(OC)c(C)cc1C.COc1ccc(Cc2ccc(OC)c(C)c2)cc1C. The van der Waals surface area contributed by atoms with Gasteiger partial charge in [0.1, 0.15) is 34.5 Å². The van der Waals surface area contributed by atoms with E-state index in [1.807, 2.05) is 45.9 Å². The van der Waals surface area contributed by atoms with E-state index in [1.54, 1.807) is 42.7 Å². The van der Waals surface area contributed by atoms with Crippen molar-refractivity contribution >= 4 is 0 Å². The van der Waals surface area contributed by atoms with Crippen LogP contribution in [0, 0.1) is 41.5 Å². The summed E-state index contributed by atoms with van der Waals surface area (Å²) in [5, 5.41) is 0. The highest BCUT2D eigenvalue weighted by molar-refractivity contribution is 5.68. The molecule has 5 aromatic rings. The molecule has 0 bridgehead atoms. The highest BCUT2D eigenvalue weighted by Gasteiger charge is 2.07. The van der Waals surface area contributed by atoms with Crippen molar-refractivity contribution in [2.75, 3.05) is 42.7 Å². The normalized spacial score (nSPS) is 10.1. The Morgan fingerprint density at radius 1 is 0.306 bits per heavy atom. The predicted octanol–water partition coefficient (Wildman–Crippen LogP) is 10.2. The number of rotatable bonds is 9. The molecule has 0 heterocycles. The lowest BCUT2D eigenvalue weighted by Gasteiger charge is -2.10. The Morgan fingerprint density at radius 3 is 0.959 bits per heavy atom. The van der Waals surface area contributed by atoms with Crippen LogP contribution in [0.15, 0.2) is 84.9 Å². The first-order valence-corrected chi connectivity index (χ1v) is 16.2. The summed E-state index contributed by atoms with van der Waals surface area (Å²) < 4.78 is 31.6. The minimum atomic E-state index is 0.873. The molecule has 6 nitrogen and oxygen atoms in total. The fraction of sp³-hybridized carbons (Fsp3) is 0.302. The second-order valence-electron chi connectivity index (χ2n) is 11.9. The van der Waals surface area contributed by atoms with Crippen molar-refractivity contribution < 1.29 is 28.4 Å². The van der Waals surface area contributed by atoms with Gasteiger partial charge in [-0.15, -0.1) is 0 Å². The van der Waals surface area contributed by atoms with E-state index in [0.717, 1.165) is 74.3 Å². The number of hydrogen-bond donors (Lipinski definition) is 0. The van der Waals surface area contributed by atoms with Gasteiger partial charge >= 0.3 is 0 Å². The molecule has 0 amide bonds. The van der Waals surface area contributed by atoms with Gasteiger partial charge in [0.25, 0.3) is 0 Å². The maximum Gasteiger partial charge on any atom is 0.125 e. The molecule has 0 N–H and O–H groups in total. The average molecular weight is 665 g/mol. The van der Waals surface area contributed by atoms with Gasteiger partial charge < -0.3 is 28.4 Å². The van der Waals surface area contributed by atoms with Crippen LogP contribution in [0.3, 0.4) is 0 Å². The van der Waals surface area contributed by atoms with Crippen molar-refractivity contribution in [2.45, 2.75) is 48.0 Å². The van der Waals surface area contributed by atoms with Crippen molar-refractivity contribution in [2.24, 2.45) is 0 Å². The molecule has 5 rings (SSSR count). The second kappa shape index (κ2) is 18.4. The lowest BCUT2D eigenvalue weighted by atomic mass is 10.0. The summed E-state index contributed by atoms with van der Waals surface area (Å²) in [4.78, 5) is 0. The van der Waals surface area contributed by atoms with E-state index in [4.69, 9.17) is 28.4 Å². The summed E-state index contributed by atoms with van der Waals surface area (Å²) in [6.45, 7) is 12.3. The summed E-state index contributed by atoms with van der Waals surface area (Å²) in [5.74, 6) is 5.44. The largest absolute Gasteiger partial charge is 0.496 e. The zero-order chi connectivity index (χ0) is 36.1. The Bertz CT molecular complexity index is 1700. The summed E-state index contributed by atoms with van der Waals surface area (Å²) in [7, 11) is 10.1. The summed E-state index contributed by atoms with van der Waals surface area (Å²) in [5.41, 5.74) is 11.7. The topological polar surface area (TPSA) is 55.4 Å². The molecule has 0 atom stereocenters. The number of methoxy groups -OCH3 is 6. The molecule has 0 fully saturated rings. The van der Waals surface area contributed by atoms with Crippen molar-refractivity contribution in [1.82, 2.24) is 0 Å². The first kappa shape index (κ1) is 38.3. The third-order valence-electron chi connectivity index (χ3n) is 8.39. The molecular weight excluding hydrogens is 612 g/mol. The van der Waals surface area contributed by atoms with E-state index in [0.29, 0.717) is 0 Å². The molecule has 0 radical (unpaired) electrons. The van der Waals surface area contributed by atoms with E-state index in [9.17, 15) is 0 Å². The van der Waals surface area contributed by atoms with Crippen LogP contribution in [0.1, 0.15) is 44.5 Å². The van der Waals surface area contributed by atoms with Crippen LogP contribution in [-0.4, -0.2) is 42.7 Å². The molecule has 260 valence electrons. The van der Waals surface area contributed by atoms with Crippen LogP contribution in [0.2, 0.25) is 0 Å². The van der Waals surface area contributed by atoms with Gasteiger partial charge in [-0.3, -0.25) is 0 Å². The third kappa shape index (κ3) is 10.4. The van der Waals surface area contributed by atoms with E-state index in [-0.39, 0.29) is 0 Å². The Hall–Kier alpha value is -5.10. The molecule has 0 aromatic heterocycles. The molecule has 5 aromatic carbocycles. The first-order chi connectivity index (χ1) is 23.5. The van der Waals surface area contributed by atoms with Gasteiger partial charge in [-0.25, -0.2) is 0 Å². The standard InChI is InChI=1S/C17H20O2.C16H18O2.C10H14O2/c1-12-9-14(5-7-16(12)18-3)11-15-6-8-17(19-4)13(2)10-15;1-11-5-7-13(9-15(11)17-3)14-8-6-12(2)16(10-14)18-4;1-7-5-8(2)10(12-4)6-9(7)11-3/h5-10H,11H2,1-4H3;5-10H,1-4H3;5-6H,1-4H3. The van der Waals surface area contributed by atoms with E-state index in [1.165, 1.54) is 22.3 Å². The van der Waals surface area contributed by atoms with Crippen molar-refractivity contribution in [3.8, 4) is 45.6 Å². The Balaban J connectivity index is 0.000000204. The second-order valence-corrected chi connectivity index (χ2v) is 11.9. The Morgan fingerprint density at radius 2 is 0.633 bits per heavy atom. The van der Waals surface area contributed by atoms with Crippen LogP contribution in [0.5, 0.6) is 34.5 Å². The zero-order valence-corrected chi connectivity index (χ0v) is 31.2. The average Bonchev–Trinajstić information content (AvgIpc) is 3.09. The molecule has 0 aliphatic heterocycles. The van der Waals surface area contributed by atoms with Gasteiger partial charge in [0.2, 0.25) is 0 Å². The molecular formula is C43H52O6. The van der Waals surface area contributed by atoms with Crippen LogP contribution >= 0.6 is 0 Å². The fourth-order valence-corrected chi connectivity index (χ4v) is 5.59. The van der Waals surface area contributed by atoms with Gasteiger partial charge in [-0.2, -0.15) is 0 Å². The quantitative estimate of drug-likeness (QED) is 0.156. The van der Waals surface area contributed by atoms with E-state index < -0.39 is 0 Å². The van der Waals surface area contributed by atoms with Gasteiger partial charge in [-0.1, -0.05) is 48.5 Å². The zero-order valence-electron chi connectivity index (χ0n) is 31.2. The maximum atomic E-state index is 5.36. The Labute approximate surface area is 293 Å². The van der Waals surface area contributed by atoms with Crippen LogP contribution < -0.4 is 28.4 Å².